The zero-order chi connectivity index (χ0) is 18.5. The van der Waals surface area contributed by atoms with Gasteiger partial charge in [-0.2, -0.15) is 0 Å². The Labute approximate surface area is 164 Å². The quantitative estimate of drug-likeness (QED) is 0.650. The molecule has 0 bridgehead atoms. The standard InChI is InChI=1S/C18H15Cl2N3O2S/c19-14-5-4-11(7-15(14)20)18-23-16(10-26-18)17(25)22-13(9-24)8-12-3-1-2-6-21-12/h1-7,10,13,24H,8-9H2,(H,22,25)/t13-/m1/s1. The number of nitrogens with zero attached hydrogens (tertiary/aromatic N) is 2. The average molecular weight is 408 g/mol. The second-order valence-electron chi connectivity index (χ2n) is 5.54. The van der Waals surface area contributed by atoms with Gasteiger partial charge in [-0.05, 0) is 24.3 Å². The van der Waals surface area contributed by atoms with Crippen LogP contribution in [0.25, 0.3) is 10.6 Å². The van der Waals surface area contributed by atoms with Gasteiger partial charge in [-0.15, -0.1) is 11.3 Å². The number of halogens is 2. The van der Waals surface area contributed by atoms with Crippen molar-refractivity contribution in [3.8, 4) is 10.6 Å². The molecule has 5 nitrogen and oxygen atoms in total. The van der Waals surface area contributed by atoms with Crippen molar-refractivity contribution in [3.05, 3.63) is 69.4 Å². The molecule has 0 saturated heterocycles. The Morgan fingerprint density at radius 1 is 1.23 bits per heavy atom. The molecule has 0 aliphatic carbocycles. The number of aliphatic hydroxyl groups excluding tert-OH is 1. The van der Waals surface area contributed by atoms with E-state index in [0.29, 0.717) is 21.5 Å². The third-order valence-corrected chi connectivity index (χ3v) is 5.27. The van der Waals surface area contributed by atoms with Crippen molar-refractivity contribution >= 4 is 40.4 Å². The molecule has 0 fully saturated rings. The molecule has 0 unspecified atom stereocenters. The lowest BCUT2D eigenvalue weighted by Gasteiger charge is -2.15. The van der Waals surface area contributed by atoms with E-state index in [0.717, 1.165) is 11.3 Å². The van der Waals surface area contributed by atoms with Gasteiger partial charge in [0.15, 0.2) is 0 Å². The molecule has 1 atom stereocenters. The maximum Gasteiger partial charge on any atom is 0.271 e. The minimum absolute atomic E-state index is 0.188. The Kier molecular flexibility index (Phi) is 6.21. The number of carbonyl (C=O) groups excluding carboxylic acids is 1. The van der Waals surface area contributed by atoms with E-state index in [1.54, 1.807) is 29.8 Å². The zero-order valence-corrected chi connectivity index (χ0v) is 15.9. The minimum Gasteiger partial charge on any atom is -0.394 e. The van der Waals surface area contributed by atoms with E-state index >= 15 is 0 Å². The molecule has 1 amide bonds. The molecule has 0 spiro atoms. The van der Waals surface area contributed by atoms with Crippen LogP contribution < -0.4 is 5.32 Å². The second kappa shape index (κ2) is 8.60. The molecule has 0 saturated carbocycles. The fourth-order valence-corrected chi connectivity index (χ4v) is 3.43. The van der Waals surface area contributed by atoms with Gasteiger partial charge in [0.05, 0.1) is 22.7 Å². The Morgan fingerprint density at radius 3 is 2.77 bits per heavy atom. The van der Waals surface area contributed by atoms with E-state index in [9.17, 15) is 9.90 Å². The van der Waals surface area contributed by atoms with Crippen LogP contribution in [-0.4, -0.2) is 33.6 Å². The zero-order valence-electron chi connectivity index (χ0n) is 13.5. The molecular formula is C18H15Cl2N3O2S. The number of rotatable bonds is 6. The predicted octanol–water partition coefficient (Wildman–Crippen LogP) is 3.85. The van der Waals surface area contributed by atoms with E-state index in [1.807, 2.05) is 18.2 Å². The van der Waals surface area contributed by atoms with Gasteiger partial charge in [-0.1, -0.05) is 35.3 Å². The highest BCUT2D eigenvalue weighted by Gasteiger charge is 2.17. The number of aromatic nitrogens is 2. The summed E-state index contributed by atoms with van der Waals surface area (Å²) in [7, 11) is 0. The molecule has 0 aliphatic rings. The van der Waals surface area contributed by atoms with Gasteiger partial charge in [0.25, 0.3) is 5.91 Å². The lowest BCUT2D eigenvalue weighted by atomic mass is 10.1. The topological polar surface area (TPSA) is 75.1 Å². The van der Waals surface area contributed by atoms with Crippen molar-refractivity contribution in [2.75, 3.05) is 6.61 Å². The summed E-state index contributed by atoms with van der Waals surface area (Å²) < 4.78 is 0. The molecule has 8 heteroatoms. The molecule has 0 aliphatic heterocycles. The minimum atomic E-state index is -0.437. The summed E-state index contributed by atoms with van der Waals surface area (Å²) in [4.78, 5) is 21.0. The average Bonchev–Trinajstić information content (AvgIpc) is 3.14. The van der Waals surface area contributed by atoms with E-state index in [1.165, 1.54) is 11.3 Å². The summed E-state index contributed by atoms with van der Waals surface area (Å²) in [5, 5.41) is 15.5. The maximum atomic E-state index is 12.4. The van der Waals surface area contributed by atoms with Crippen LogP contribution in [0.4, 0.5) is 0 Å². The number of hydrogen-bond acceptors (Lipinski definition) is 5. The van der Waals surface area contributed by atoms with Gasteiger partial charge >= 0.3 is 0 Å². The first-order valence-electron chi connectivity index (χ1n) is 7.79. The number of hydrogen-bond donors (Lipinski definition) is 2. The highest BCUT2D eigenvalue weighted by atomic mass is 35.5. The fraction of sp³-hybridized carbons (Fsp3) is 0.167. The third-order valence-electron chi connectivity index (χ3n) is 3.64. The third kappa shape index (κ3) is 4.59. The monoisotopic (exact) mass is 407 g/mol. The van der Waals surface area contributed by atoms with E-state index in [-0.39, 0.29) is 18.2 Å². The summed E-state index contributed by atoms with van der Waals surface area (Å²) in [6.07, 6.45) is 2.11. The van der Waals surface area contributed by atoms with Crippen LogP contribution in [0.2, 0.25) is 10.0 Å². The Bertz CT molecular complexity index is 902. The summed E-state index contributed by atoms with van der Waals surface area (Å²) in [5.41, 5.74) is 1.87. The van der Waals surface area contributed by atoms with Crippen LogP contribution >= 0.6 is 34.5 Å². The van der Waals surface area contributed by atoms with Crippen molar-refractivity contribution in [1.82, 2.24) is 15.3 Å². The number of carbonyl (C=O) groups is 1. The van der Waals surface area contributed by atoms with E-state index < -0.39 is 6.04 Å². The normalized spacial score (nSPS) is 12.0. The van der Waals surface area contributed by atoms with Gasteiger partial charge in [-0.3, -0.25) is 9.78 Å². The molecule has 2 aromatic heterocycles. The molecular weight excluding hydrogens is 393 g/mol. The highest BCUT2D eigenvalue weighted by Crippen LogP contribution is 2.30. The molecule has 3 aromatic rings. The molecule has 26 heavy (non-hydrogen) atoms. The SMILES string of the molecule is O=C(N[C@@H](CO)Cc1ccccn1)c1csc(-c2ccc(Cl)c(Cl)c2)n1. The second-order valence-corrected chi connectivity index (χ2v) is 7.22. The van der Waals surface area contributed by atoms with Crippen molar-refractivity contribution in [3.63, 3.8) is 0 Å². The van der Waals surface area contributed by atoms with Crippen molar-refractivity contribution in [2.24, 2.45) is 0 Å². The predicted molar refractivity (Wildman–Crippen MR) is 104 cm³/mol. The number of nitrogens with one attached hydrogen (secondary N) is 1. The first kappa shape index (κ1) is 18.8. The fourth-order valence-electron chi connectivity index (χ4n) is 2.33. The summed E-state index contributed by atoms with van der Waals surface area (Å²) in [6, 6.07) is 10.3. The molecule has 0 radical (unpaired) electrons. The maximum absolute atomic E-state index is 12.4. The summed E-state index contributed by atoms with van der Waals surface area (Å²) in [6.45, 7) is -0.188. The lowest BCUT2D eigenvalue weighted by molar-refractivity contribution is 0.0912. The van der Waals surface area contributed by atoms with Crippen LogP contribution in [0, 0.1) is 0 Å². The number of benzene rings is 1. The summed E-state index contributed by atoms with van der Waals surface area (Å²) >= 11 is 13.3. The molecule has 134 valence electrons. The summed E-state index contributed by atoms with van der Waals surface area (Å²) in [5.74, 6) is -0.345. The Balaban J connectivity index is 1.69. The lowest BCUT2D eigenvalue weighted by Crippen LogP contribution is -2.39. The van der Waals surface area contributed by atoms with Crippen LogP contribution in [0.5, 0.6) is 0 Å². The van der Waals surface area contributed by atoms with Crippen LogP contribution in [-0.2, 0) is 6.42 Å². The number of pyridine rings is 1. The molecule has 1 aromatic carbocycles. The van der Waals surface area contributed by atoms with E-state index in [4.69, 9.17) is 23.2 Å². The van der Waals surface area contributed by atoms with Gasteiger partial charge in [-0.25, -0.2) is 4.98 Å². The molecule has 3 rings (SSSR count). The number of amides is 1. The largest absolute Gasteiger partial charge is 0.394 e. The molecule has 2 N–H and O–H groups in total. The van der Waals surface area contributed by atoms with Gasteiger partial charge in [0.1, 0.15) is 10.7 Å². The Morgan fingerprint density at radius 2 is 2.08 bits per heavy atom. The molecule has 2 heterocycles. The first-order valence-corrected chi connectivity index (χ1v) is 9.43. The van der Waals surface area contributed by atoms with Crippen molar-refractivity contribution in [2.45, 2.75) is 12.5 Å². The number of thiazole rings is 1. The van der Waals surface area contributed by atoms with E-state index in [2.05, 4.69) is 15.3 Å². The number of aliphatic hydroxyl groups is 1. The van der Waals surface area contributed by atoms with Crippen LogP contribution in [0.1, 0.15) is 16.2 Å². The highest BCUT2D eigenvalue weighted by molar-refractivity contribution is 7.13. The van der Waals surface area contributed by atoms with Crippen molar-refractivity contribution < 1.29 is 9.90 Å². The van der Waals surface area contributed by atoms with Gasteiger partial charge < -0.3 is 10.4 Å². The van der Waals surface area contributed by atoms with Gasteiger partial charge in [0.2, 0.25) is 0 Å². The van der Waals surface area contributed by atoms with Crippen molar-refractivity contribution in [1.29, 1.82) is 0 Å². The van der Waals surface area contributed by atoms with Gasteiger partial charge in [0, 0.05) is 29.3 Å². The van der Waals surface area contributed by atoms with Crippen LogP contribution in [0.15, 0.2) is 48.0 Å². The van der Waals surface area contributed by atoms with Crippen LogP contribution in [0.3, 0.4) is 0 Å². The Hall–Kier alpha value is -1.99. The smallest absolute Gasteiger partial charge is 0.271 e. The first-order chi connectivity index (χ1) is 12.6.